The number of para-hydroxylation sites is 1. The minimum Gasteiger partial charge on any atom is -0.393 e. The van der Waals surface area contributed by atoms with Gasteiger partial charge in [-0.15, -0.1) is 0 Å². The number of hydrogen-bond donors (Lipinski definition) is 2. The van der Waals surface area contributed by atoms with Crippen molar-refractivity contribution >= 4 is 11.6 Å². The smallest absolute Gasteiger partial charge is 0.224 e. The van der Waals surface area contributed by atoms with Gasteiger partial charge in [0, 0.05) is 12.1 Å². The molecular formula is C16H25NO2. The van der Waals surface area contributed by atoms with Crippen LogP contribution in [-0.2, 0) is 4.79 Å². The lowest BCUT2D eigenvalue weighted by atomic mass is 10.1. The van der Waals surface area contributed by atoms with Gasteiger partial charge in [-0.3, -0.25) is 4.79 Å². The van der Waals surface area contributed by atoms with E-state index in [2.05, 4.69) is 12.2 Å². The van der Waals surface area contributed by atoms with Gasteiger partial charge < -0.3 is 10.4 Å². The summed E-state index contributed by atoms with van der Waals surface area (Å²) in [6.07, 6.45) is 5.96. The van der Waals surface area contributed by atoms with Gasteiger partial charge in [-0.2, -0.15) is 0 Å². The van der Waals surface area contributed by atoms with Crippen molar-refractivity contribution in [3.05, 3.63) is 30.3 Å². The number of benzene rings is 1. The zero-order chi connectivity index (χ0) is 13.9. The molecule has 19 heavy (non-hydrogen) atoms. The van der Waals surface area contributed by atoms with Crippen molar-refractivity contribution in [1.29, 1.82) is 0 Å². The molecule has 0 saturated carbocycles. The van der Waals surface area contributed by atoms with E-state index in [1.54, 1.807) is 0 Å². The molecule has 1 aromatic carbocycles. The fourth-order valence-corrected chi connectivity index (χ4v) is 1.99. The maximum atomic E-state index is 11.7. The Morgan fingerprint density at radius 3 is 2.53 bits per heavy atom. The topological polar surface area (TPSA) is 49.3 Å². The van der Waals surface area contributed by atoms with Crippen LogP contribution in [0.3, 0.4) is 0 Å². The average molecular weight is 263 g/mol. The number of aliphatic hydroxyl groups excluding tert-OH is 1. The van der Waals surface area contributed by atoms with E-state index in [9.17, 15) is 9.90 Å². The quantitative estimate of drug-likeness (QED) is 0.667. The molecule has 3 nitrogen and oxygen atoms in total. The molecule has 1 aromatic rings. The predicted molar refractivity (Wildman–Crippen MR) is 79.1 cm³/mol. The summed E-state index contributed by atoms with van der Waals surface area (Å²) in [5.74, 6) is 0.0502. The third kappa shape index (κ3) is 7.62. The van der Waals surface area contributed by atoms with Crippen molar-refractivity contribution in [3.8, 4) is 0 Å². The highest BCUT2D eigenvalue weighted by Crippen LogP contribution is 2.11. The third-order valence-electron chi connectivity index (χ3n) is 3.14. The van der Waals surface area contributed by atoms with Crippen LogP contribution in [0.4, 0.5) is 5.69 Å². The second-order valence-electron chi connectivity index (χ2n) is 4.96. The summed E-state index contributed by atoms with van der Waals surface area (Å²) in [7, 11) is 0. The Balaban J connectivity index is 2.07. The molecule has 3 heteroatoms. The molecule has 0 fully saturated rings. The van der Waals surface area contributed by atoms with Crippen LogP contribution < -0.4 is 5.32 Å². The number of aliphatic hydroxyl groups is 1. The molecule has 1 unspecified atom stereocenters. The van der Waals surface area contributed by atoms with Crippen LogP contribution in [0.25, 0.3) is 0 Å². The Hall–Kier alpha value is -1.35. The highest BCUT2D eigenvalue weighted by molar-refractivity contribution is 5.90. The van der Waals surface area contributed by atoms with Gasteiger partial charge in [-0.25, -0.2) is 0 Å². The minimum atomic E-state index is -0.197. The summed E-state index contributed by atoms with van der Waals surface area (Å²) in [5, 5.41) is 12.5. The molecule has 0 spiro atoms. The summed E-state index contributed by atoms with van der Waals surface area (Å²) in [6, 6.07) is 9.49. The van der Waals surface area contributed by atoms with Crippen molar-refractivity contribution in [1.82, 2.24) is 0 Å². The number of anilines is 1. The standard InChI is InChI=1S/C16H25NO2/c1-2-3-11-15(18)12-7-8-13-16(19)17-14-9-5-4-6-10-14/h4-6,9-10,15,18H,2-3,7-8,11-13H2,1H3,(H,17,19). The third-order valence-corrected chi connectivity index (χ3v) is 3.14. The number of hydrogen-bond acceptors (Lipinski definition) is 2. The van der Waals surface area contributed by atoms with Crippen LogP contribution in [0.2, 0.25) is 0 Å². The number of rotatable bonds is 9. The van der Waals surface area contributed by atoms with E-state index in [0.717, 1.165) is 44.2 Å². The number of carbonyl (C=O) groups is 1. The van der Waals surface area contributed by atoms with E-state index in [1.807, 2.05) is 30.3 Å². The molecule has 1 amide bonds. The van der Waals surface area contributed by atoms with Gasteiger partial charge >= 0.3 is 0 Å². The van der Waals surface area contributed by atoms with E-state index in [-0.39, 0.29) is 12.0 Å². The number of carbonyl (C=O) groups excluding carboxylic acids is 1. The lowest BCUT2D eigenvalue weighted by Gasteiger charge is -2.09. The predicted octanol–water partition coefficient (Wildman–Crippen LogP) is 3.74. The molecule has 0 aliphatic carbocycles. The molecule has 0 saturated heterocycles. The molecule has 1 rings (SSSR count). The zero-order valence-electron chi connectivity index (χ0n) is 11.8. The molecule has 0 aliphatic rings. The van der Waals surface area contributed by atoms with Gasteiger partial charge in [0.05, 0.1) is 6.10 Å². The van der Waals surface area contributed by atoms with E-state index in [0.29, 0.717) is 6.42 Å². The lowest BCUT2D eigenvalue weighted by Crippen LogP contribution is -2.11. The fraction of sp³-hybridized carbons (Fsp3) is 0.562. The molecular weight excluding hydrogens is 238 g/mol. The van der Waals surface area contributed by atoms with Crippen molar-refractivity contribution in [2.75, 3.05) is 5.32 Å². The Labute approximate surface area is 116 Å². The summed E-state index contributed by atoms with van der Waals surface area (Å²) >= 11 is 0. The van der Waals surface area contributed by atoms with Gasteiger partial charge in [0.2, 0.25) is 5.91 Å². The number of nitrogens with one attached hydrogen (secondary N) is 1. The van der Waals surface area contributed by atoms with Gasteiger partial charge in [-0.05, 0) is 31.4 Å². The van der Waals surface area contributed by atoms with E-state index in [4.69, 9.17) is 0 Å². The normalized spacial score (nSPS) is 12.1. The van der Waals surface area contributed by atoms with Gasteiger partial charge in [0.15, 0.2) is 0 Å². The first kappa shape index (κ1) is 15.7. The lowest BCUT2D eigenvalue weighted by molar-refractivity contribution is -0.116. The van der Waals surface area contributed by atoms with E-state index in [1.165, 1.54) is 0 Å². The second-order valence-corrected chi connectivity index (χ2v) is 4.96. The van der Waals surface area contributed by atoms with E-state index >= 15 is 0 Å². The highest BCUT2D eigenvalue weighted by atomic mass is 16.3. The monoisotopic (exact) mass is 263 g/mol. The Bertz CT molecular complexity index is 351. The molecule has 0 radical (unpaired) electrons. The molecule has 2 N–H and O–H groups in total. The first-order valence-electron chi connectivity index (χ1n) is 7.25. The Morgan fingerprint density at radius 2 is 1.84 bits per heavy atom. The maximum Gasteiger partial charge on any atom is 0.224 e. The van der Waals surface area contributed by atoms with Crippen LogP contribution in [0.1, 0.15) is 51.9 Å². The van der Waals surface area contributed by atoms with Gasteiger partial charge in [0.1, 0.15) is 0 Å². The minimum absolute atomic E-state index is 0.0502. The average Bonchev–Trinajstić information content (AvgIpc) is 2.42. The van der Waals surface area contributed by atoms with Crippen molar-refractivity contribution < 1.29 is 9.90 Å². The number of amides is 1. The fourth-order valence-electron chi connectivity index (χ4n) is 1.99. The van der Waals surface area contributed by atoms with Crippen molar-refractivity contribution in [3.63, 3.8) is 0 Å². The SMILES string of the molecule is CCCCC(O)CCCCC(=O)Nc1ccccc1. The molecule has 106 valence electrons. The van der Waals surface area contributed by atoms with Crippen LogP contribution >= 0.6 is 0 Å². The molecule has 0 aliphatic heterocycles. The summed E-state index contributed by atoms with van der Waals surface area (Å²) in [4.78, 5) is 11.7. The van der Waals surface area contributed by atoms with Crippen LogP contribution in [0.15, 0.2) is 30.3 Å². The largest absolute Gasteiger partial charge is 0.393 e. The highest BCUT2D eigenvalue weighted by Gasteiger charge is 2.05. The summed E-state index contributed by atoms with van der Waals surface area (Å²) in [5.41, 5.74) is 0.843. The van der Waals surface area contributed by atoms with Crippen LogP contribution in [0, 0.1) is 0 Å². The van der Waals surface area contributed by atoms with Crippen LogP contribution in [-0.4, -0.2) is 17.1 Å². The summed E-state index contributed by atoms with van der Waals surface area (Å²) < 4.78 is 0. The maximum absolute atomic E-state index is 11.7. The molecule has 0 heterocycles. The first-order valence-corrected chi connectivity index (χ1v) is 7.25. The Morgan fingerprint density at radius 1 is 1.16 bits per heavy atom. The number of unbranched alkanes of at least 4 members (excludes halogenated alkanes) is 2. The van der Waals surface area contributed by atoms with Crippen molar-refractivity contribution in [2.45, 2.75) is 58.0 Å². The van der Waals surface area contributed by atoms with Crippen LogP contribution in [0.5, 0.6) is 0 Å². The van der Waals surface area contributed by atoms with E-state index < -0.39 is 0 Å². The Kier molecular flexibility index (Phi) is 7.91. The molecule has 0 bridgehead atoms. The first-order chi connectivity index (χ1) is 9.22. The van der Waals surface area contributed by atoms with Gasteiger partial charge in [-0.1, -0.05) is 44.4 Å². The molecule has 0 aromatic heterocycles. The summed E-state index contributed by atoms with van der Waals surface area (Å²) in [6.45, 7) is 2.13. The zero-order valence-corrected chi connectivity index (χ0v) is 11.8. The second kappa shape index (κ2) is 9.56. The molecule has 1 atom stereocenters. The van der Waals surface area contributed by atoms with Crippen molar-refractivity contribution in [2.24, 2.45) is 0 Å². The van der Waals surface area contributed by atoms with Gasteiger partial charge in [0.25, 0.3) is 0 Å².